The first kappa shape index (κ1) is 22.5. The maximum atomic E-state index is 13.0. The average Bonchev–Trinajstić information content (AvgIpc) is 3.02. The SMILES string of the molecule is C=CCCCC(=O)O[C@]1(C(C)=O)CC[C@H]2[C@@H]3CCC4=CC(=O)CC[C@]4(C)[C@H]3CC[C@@]21C. The second-order valence-electron chi connectivity index (χ2n) is 11.0. The lowest BCUT2D eigenvalue weighted by atomic mass is 9.46. The van der Waals surface area contributed by atoms with E-state index < -0.39 is 5.60 Å². The minimum absolute atomic E-state index is 0.0129. The van der Waals surface area contributed by atoms with Crippen molar-refractivity contribution in [2.45, 2.75) is 97.0 Å². The van der Waals surface area contributed by atoms with Gasteiger partial charge in [-0.1, -0.05) is 25.5 Å². The number of carbonyl (C=O) groups is 3. The van der Waals surface area contributed by atoms with E-state index in [1.165, 1.54) is 5.57 Å². The first-order chi connectivity index (χ1) is 14.7. The molecule has 3 saturated carbocycles. The number of fused-ring (bicyclic) bond motifs is 5. The van der Waals surface area contributed by atoms with Crippen molar-refractivity contribution < 1.29 is 19.1 Å². The first-order valence-corrected chi connectivity index (χ1v) is 12.3. The zero-order chi connectivity index (χ0) is 22.4. The van der Waals surface area contributed by atoms with Gasteiger partial charge in [0.05, 0.1) is 0 Å². The molecule has 0 N–H and O–H groups in total. The van der Waals surface area contributed by atoms with E-state index in [-0.39, 0.29) is 28.4 Å². The van der Waals surface area contributed by atoms with Crippen molar-refractivity contribution in [1.29, 1.82) is 0 Å². The topological polar surface area (TPSA) is 60.4 Å². The Morgan fingerprint density at radius 1 is 1.13 bits per heavy atom. The van der Waals surface area contributed by atoms with Gasteiger partial charge >= 0.3 is 5.97 Å². The van der Waals surface area contributed by atoms with Crippen LogP contribution in [0.3, 0.4) is 0 Å². The van der Waals surface area contributed by atoms with Gasteiger partial charge in [-0.25, -0.2) is 0 Å². The van der Waals surface area contributed by atoms with Gasteiger partial charge in [-0.05, 0) is 94.0 Å². The predicted molar refractivity (Wildman–Crippen MR) is 120 cm³/mol. The summed E-state index contributed by atoms with van der Waals surface area (Å²) >= 11 is 0. The van der Waals surface area contributed by atoms with Gasteiger partial charge in [0.2, 0.25) is 0 Å². The van der Waals surface area contributed by atoms with Gasteiger partial charge in [0.15, 0.2) is 17.2 Å². The van der Waals surface area contributed by atoms with E-state index in [9.17, 15) is 14.4 Å². The molecule has 0 aromatic rings. The van der Waals surface area contributed by atoms with E-state index in [1.807, 2.05) is 12.2 Å². The maximum absolute atomic E-state index is 13.0. The molecule has 0 saturated heterocycles. The molecule has 0 bridgehead atoms. The molecule has 31 heavy (non-hydrogen) atoms. The summed E-state index contributed by atoms with van der Waals surface area (Å²) in [5, 5.41) is 0. The lowest BCUT2D eigenvalue weighted by Crippen LogP contribution is -2.58. The Morgan fingerprint density at radius 3 is 2.58 bits per heavy atom. The van der Waals surface area contributed by atoms with Crippen molar-refractivity contribution in [2.75, 3.05) is 0 Å². The average molecular weight is 427 g/mol. The van der Waals surface area contributed by atoms with Gasteiger partial charge in [0.1, 0.15) is 0 Å². The number of Topliss-reactive ketones (excluding diaryl/α,β-unsaturated/α-hetero) is 1. The largest absolute Gasteiger partial charge is 0.450 e. The number of hydrogen-bond acceptors (Lipinski definition) is 4. The Balaban J connectivity index is 1.60. The zero-order valence-corrected chi connectivity index (χ0v) is 19.5. The van der Waals surface area contributed by atoms with E-state index in [2.05, 4.69) is 20.4 Å². The van der Waals surface area contributed by atoms with Crippen LogP contribution < -0.4 is 0 Å². The van der Waals surface area contributed by atoms with Gasteiger partial charge in [-0.2, -0.15) is 0 Å². The molecule has 4 rings (SSSR count). The highest BCUT2D eigenvalue weighted by Crippen LogP contribution is 2.68. The molecule has 0 amide bonds. The van der Waals surface area contributed by atoms with Crippen molar-refractivity contribution in [3.63, 3.8) is 0 Å². The lowest BCUT2D eigenvalue weighted by Gasteiger charge is -2.59. The molecule has 0 aromatic heterocycles. The molecule has 0 aliphatic heterocycles. The minimum Gasteiger partial charge on any atom is -0.450 e. The summed E-state index contributed by atoms with van der Waals surface area (Å²) in [5.41, 5.74) is 0.197. The second kappa shape index (κ2) is 8.01. The van der Waals surface area contributed by atoms with Gasteiger partial charge in [-0.3, -0.25) is 14.4 Å². The van der Waals surface area contributed by atoms with E-state index >= 15 is 0 Å². The molecule has 170 valence electrons. The quantitative estimate of drug-likeness (QED) is 0.308. The molecule has 4 nitrogen and oxygen atoms in total. The van der Waals surface area contributed by atoms with Crippen LogP contribution in [0.25, 0.3) is 0 Å². The highest BCUT2D eigenvalue weighted by molar-refractivity contribution is 5.91. The summed E-state index contributed by atoms with van der Waals surface area (Å²) in [6, 6.07) is 0. The normalized spacial score (nSPS) is 41.5. The van der Waals surface area contributed by atoms with Gasteiger partial charge in [-0.15, -0.1) is 6.58 Å². The third kappa shape index (κ3) is 3.36. The number of allylic oxidation sites excluding steroid dienone is 2. The molecule has 0 aromatic carbocycles. The van der Waals surface area contributed by atoms with Crippen LogP contribution in [0.15, 0.2) is 24.3 Å². The minimum atomic E-state index is -0.979. The van der Waals surface area contributed by atoms with E-state index in [4.69, 9.17) is 4.74 Å². The number of carbonyl (C=O) groups excluding carboxylic acids is 3. The maximum Gasteiger partial charge on any atom is 0.306 e. The Labute approximate surface area is 186 Å². The van der Waals surface area contributed by atoms with Crippen LogP contribution >= 0.6 is 0 Å². The molecule has 4 aliphatic rings. The molecule has 4 aliphatic carbocycles. The van der Waals surface area contributed by atoms with Crippen molar-refractivity contribution in [3.8, 4) is 0 Å². The first-order valence-electron chi connectivity index (χ1n) is 12.3. The number of rotatable bonds is 6. The van der Waals surface area contributed by atoms with Crippen LogP contribution in [0.2, 0.25) is 0 Å². The molecule has 4 heteroatoms. The third-order valence-corrected chi connectivity index (χ3v) is 9.73. The number of ketones is 2. The van der Waals surface area contributed by atoms with Crippen LogP contribution in [0.1, 0.15) is 91.4 Å². The second-order valence-corrected chi connectivity index (χ2v) is 11.0. The standard InChI is InChI=1S/C27H38O4/c1-5-6-7-8-24(30)31-27(18(2)28)16-13-23-21-10-9-19-17-20(29)11-14-25(19,3)22(21)12-15-26(23,27)4/h5,17,21-23H,1,6-16H2,2-4H3/t21-,22+,23+,25+,26+,27+/m1/s1. The van der Waals surface area contributed by atoms with Crippen molar-refractivity contribution in [3.05, 3.63) is 24.3 Å². The molecule has 0 unspecified atom stereocenters. The summed E-state index contributed by atoms with van der Waals surface area (Å²) in [7, 11) is 0. The fourth-order valence-corrected chi connectivity index (χ4v) is 8.01. The Kier molecular flexibility index (Phi) is 5.81. The molecule has 6 atom stereocenters. The third-order valence-electron chi connectivity index (χ3n) is 9.73. The van der Waals surface area contributed by atoms with Crippen LogP contribution in [0, 0.1) is 28.6 Å². The van der Waals surface area contributed by atoms with E-state index in [0.717, 1.165) is 44.9 Å². The fraction of sp³-hybridized carbons (Fsp3) is 0.741. The smallest absolute Gasteiger partial charge is 0.306 e. The van der Waals surface area contributed by atoms with Crippen molar-refractivity contribution in [2.24, 2.45) is 28.6 Å². The summed E-state index contributed by atoms with van der Waals surface area (Å²) in [6.45, 7) is 9.93. The molecule has 0 radical (unpaired) electrons. The number of unbranched alkanes of at least 4 members (excludes halogenated alkanes) is 1. The molecular weight excluding hydrogens is 388 g/mol. The van der Waals surface area contributed by atoms with Crippen LogP contribution in [0.4, 0.5) is 0 Å². The lowest BCUT2D eigenvalue weighted by molar-refractivity contribution is -0.189. The highest BCUT2D eigenvalue weighted by Gasteiger charge is 2.67. The highest BCUT2D eigenvalue weighted by atomic mass is 16.6. The van der Waals surface area contributed by atoms with Gasteiger partial charge in [0.25, 0.3) is 0 Å². The Morgan fingerprint density at radius 2 is 1.87 bits per heavy atom. The fourth-order valence-electron chi connectivity index (χ4n) is 8.01. The van der Waals surface area contributed by atoms with Crippen LogP contribution in [0.5, 0.6) is 0 Å². The molecule has 0 heterocycles. The molecule has 0 spiro atoms. The number of ether oxygens (including phenoxy) is 1. The van der Waals surface area contributed by atoms with Gasteiger partial charge in [0, 0.05) is 18.3 Å². The Hall–Kier alpha value is -1.71. The van der Waals surface area contributed by atoms with E-state index in [0.29, 0.717) is 43.4 Å². The summed E-state index contributed by atoms with van der Waals surface area (Å²) < 4.78 is 6.13. The van der Waals surface area contributed by atoms with E-state index in [1.54, 1.807) is 6.92 Å². The summed E-state index contributed by atoms with van der Waals surface area (Å²) in [5.74, 6) is 1.55. The zero-order valence-electron chi connectivity index (χ0n) is 19.5. The van der Waals surface area contributed by atoms with Crippen LogP contribution in [-0.2, 0) is 19.1 Å². The van der Waals surface area contributed by atoms with Crippen molar-refractivity contribution in [1.82, 2.24) is 0 Å². The number of esters is 1. The van der Waals surface area contributed by atoms with Crippen molar-refractivity contribution >= 4 is 17.5 Å². The Bertz CT molecular complexity index is 825. The predicted octanol–water partition coefficient (Wildman–Crippen LogP) is 5.75. The number of hydrogen-bond donors (Lipinski definition) is 0. The molecular formula is C27H38O4. The van der Waals surface area contributed by atoms with Gasteiger partial charge < -0.3 is 4.74 Å². The molecule has 3 fully saturated rings. The monoisotopic (exact) mass is 426 g/mol. The summed E-state index contributed by atoms with van der Waals surface area (Å²) in [4.78, 5) is 37.8. The summed E-state index contributed by atoms with van der Waals surface area (Å²) in [6.07, 6.45) is 12.8. The van der Waals surface area contributed by atoms with Crippen LogP contribution in [-0.4, -0.2) is 23.1 Å².